The SMILES string of the molecule is CCOC(=O)C1(C(F)(F)F)NC(c2ccccc2)=CC=C1C(=O)OC. The number of methoxy groups -OCH3 is 1. The van der Waals surface area contributed by atoms with Gasteiger partial charge in [0.05, 0.1) is 19.3 Å². The molecule has 1 atom stereocenters. The Kier molecular flexibility index (Phi) is 5.20. The molecule has 134 valence electrons. The van der Waals surface area contributed by atoms with Gasteiger partial charge in [-0.3, -0.25) is 0 Å². The fourth-order valence-corrected chi connectivity index (χ4v) is 2.46. The number of carbonyl (C=O) groups is 2. The lowest BCUT2D eigenvalue weighted by Gasteiger charge is -2.38. The van der Waals surface area contributed by atoms with E-state index in [4.69, 9.17) is 0 Å². The molecular weight excluding hydrogens is 339 g/mol. The molecule has 1 aromatic carbocycles. The van der Waals surface area contributed by atoms with Gasteiger partial charge in [0, 0.05) is 5.70 Å². The van der Waals surface area contributed by atoms with Crippen LogP contribution in [0.1, 0.15) is 12.5 Å². The summed E-state index contributed by atoms with van der Waals surface area (Å²) in [7, 11) is 0.936. The summed E-state index contributed by atoms with van der Waals surface area (Å²) in [4.78, 5) is 24.2. The third kappa shape index (κ3) is 3.24. The molecule has 1 aliphatic rings. The minimum absolute atomic E-state index is 0.0265. The van der Waals surface area contributed by atoms with Crippen LogP contribution in [0.4, 0.5) is 13.2 Å². The highest BCUT2D eigenvalue weighted by Crippen LogP contribution is 2.41. The molecule has 0 amide bonds. The van der Waals surface area contributed by atoms with Crippen LogP contribution < -0.4 is 5.32 Å². The Morgan fingerprint density at radius 3 is 2.32 bits per heavy atom. The Hall–Kier alpha value is -2.77. The van der Waals surface area contributed by atoms with Crippen LogP contribution in [-0.4, -0.2) is 37.4 Å². The van der Waals surface area contributed by atoms with Crippen LogP contribution in [-0.2, 0) is 19.1 Å². The summed E-state index contributed by atoms with van der Waals surface area (Å²) in [6, 6.07) is 8.11. The zero-order valence-corrected chi connectivity index (χ0v) is 13.5. The molecular formula is C17H16F3NO4. The first-order valence-corrected chi connectivity index (χ1v) is 7.36. The fraction of sp³-hybridized carbons (Fsp3) is 0.294. The second-order valence-corrected chi connectivity index (χ2v) is 5.11. The van der Waals surface area contributed by atoms with E-state index < -0.39 is 29.2 Å². The minimum atomic E-state index is -5.15. The first-order chi connectivity index (χ1) is 11.8. The largest absolute Gasteiger partial charge is 0.466 e. The van der Waals surface area contributed by atoms with Gasteiger partial charge in [-0.15, -0.1) is 0 Å². The van der Waals surface area contributed by atoms with Crippen molar-refractivity contribution in [2.75, 3.05) is 13.7 Å². The number of nitrogens with one attached hydrogen (secondary N) is 1. The maximum absolute atomic E-state index is 14.0. The Bertz CT molecular complexity index is 725. The molecule has 0 radical (unpaired) electrons. The zero-order chi connectivity index (χ0) is 18.7. The predicted molar refractivity (Wildman–Crippen MR) is 83.1 cm³/mol. The van der Waals surface area contributed by atoms with E-state index in [1.165, 1.54) is 13.0 Å². The van der Waals surface area contributed by atoms with E-state index in [1.54, 1.807) is 30.3 Å². The van der Waals surface area contributed by atoms with Gasteiger partial charge in [0.15, 0.2) is 0 Å². The average molecular weight is 355 g/mol. The molecule has 0 spiro atoms. The van der Waals surface area contributed by atoms with Crippen molar-refractivity contribution in [3.05, 3.63) is 53.6 Å². The van der Waals surface area contributed by atoms with Crippen LogP contribution in [0.5, 0.6) is 0 Å². The molecule has 0 fully saturated rings. The predicted octanol–water partition coefficient (Wildman–Crippen LogP) is 2.59. The maximum Gasteiger partial charge on any atom is 0.427 e. The number of dihydropyridines is 1. The fourth-order valence-electron chi connectivity index (χ4n) is 2.46. The van der Waals surface area contributed by atoms with Crippen molar-refractivity contribution in [3.63, 3.8) is 0 Å². The molecule has 2 rings (SSSR count). The van der Waals surface area contributed by atoms with E-state index in [0.29, 0.717) is 5.56 Å². The highest BCUT2D eigenvalue weighted by Gasteiger charge is 2.67. The number of rotatable bonds is 4. The highest BCUT2D eigenvalue weighted by molar-refractivity contribution is 6.04. The maximum atomic E-state index is 14.0. The monoisotopic (exact) mass is 355 g/mol. The molecule has 0 aromatic heterocycles. The van der Waals surface area contributed by atoms with Crippen molar-refractivity contribution in [1.29, 1.82) is 0 Å². The highest BCUT2D eigenvalue weighted by atomic mass is 19.4. The van der Waals surface area contributed by atoms with Crippen molar-refractivity contribution in [2.24, 2.45) is 0 Å². The third-order valence-electron chi connectivity index (χ3n) is 3.64. The Balaban J connectivity index is 2.66. The number of allylic oxidation sites excluding steroid dienone is 2. The molecule has 0 bridgehead atoms. The Morgan fingerprint density at radius 2 is 1.80 bits per heavy atom. The van der Waals surface area contributed by atoms with Crippen molar-refractivity contribution in [2.45, 2.75) is 18.6 Å². The minimum Gasteiger partial charge on any atom is -0.466 e. The molecule has 1 aliphatic heterocycles. The van der Waals surface area contributed by atoms with Crippen molar-refractivity contribution >= 4 is 17.6 Å². The van der Waals surface area contributed by atoms with Gasteiger partial charge in [-0.2, -0.15) is 13.2 Å². The van der Waals surface area contributed by atoms with E-state index >= 15 is 0 Å². The number of halogens is 3. The Morgan fingerprint density at radius 1 is 1.16 bits per heavy atom. The molecule has 1 heterocycles. The summed E-state index contributed by atoms with van der Waals surface area (Å²) >= 11 is 0. The lowest BCUT2D eigenvalue weighted by atomic mass is 9.84. The number of hydrogen-bond acceptors (Lipinski definition) is 5. The second kappa shape index (κ2) is 7.00. The number of carbonyl (C=O) groups excluding carboxylic acids is 2. The molecule has 1 unspecified atom stereocenters. The van der Waals surface area contributed by atoms with E-state index in [0.717, 1.165) is 13.2 Å². The molecule has 25 heavy (non-hydrogen) atoms. The van der Waals surface area contributed by atoms with E-state index in [2.05, 4.69) is 14.8 Å². The lowest BCUT2D eigenvalue weighted by Crippen LogP contribution is -2.65. The summed E-state index contributed by atoms with van der Waals surface area (Å²) in [5, 5.41) is 2.17. The van der Waals surface area contributed by atoms with Gasteiger partial charge < -0.3 is 14.8 Å². The first kappa shape index (κ1) is 18.6. The topological polar surface area (TPSA) is 64.6 Å². The van der Waals surface area contributed by atoms with Gasteiger partial charge in [0.2, 0.25) is 0 Å². The smallest absolute Gasteiger partial charge is 0.427 e. The van der Waals surface area contributed by atoms with Crippen LogP contribution in [0.3, 0.4) is 0 Å². The summed E-state index contributed by atoms with van der Waals surface area (Å²) in [5.74, 6) is -2.90. The quantitative estimate of drug-likeness (QED) is 0.841. The summed E-state index contributed by atoms with van der Waals surface area (Å²) in [6.45, 7) is 1.09. The third-order valence-corrected chi connectivity index (χ3v) is 3.64. The molecule has 0 saturated heterocycles. The summed E-state index contributed by atoms with van der Waals surface area (Å²) in [5.41, 5.74) is -3.80. The number of hydrogen-bond donors (Lipinski definition) is 1. The molecule has 1 aromatic rings. The van der Waals surface area contributed by atoms with Gasteiger partial charge in [-0.05, 0) is 24.6 Å². The van der Waals surface area contributed by atoms with Gasteiger partial charge in [0.1, 0.15) is 0 Å². The van der Waals surface area contributed by atoms with Gasteiger partial charge in [0.25, 0.3) is 5.54 Å². The molecule has 1 N–H and O–H groups in total. The molecule has 5 nitrogen and oxygen atoms in total. The van der Waals surface area contributed by atoms with Crippen LogP contribution in [0.25, 0.3) is 5.70 Å². The summed E-state index contributed by atoms with van der Waals surface area (Å²) in [6.07, 6.45) is -2.94. The number of alkyl halides is 3. The van der Waals surface area contributed by atoms with E-state index in [9.17, 15) is 22.8 Å². The number of ether oxygens (including phenoxy) is 2. The lowest BCUT2D eigenvalue weighted by molar-refractivity contribution is -0.204. The summed E-state index contributed by atoms with van der Waals surface area (Å²) < 4.78 is 50.9. The van der Waals surface area contributed by atoms with Crippen LogP contribution in [0.15, 0.2) is 48.1 Å². The molecule has 0 saturated carbocycles. The first-order valence-electron chi connectivity index (χ1n) is 7.36. The van der Waals surface area contributed by atoms with E-state index in [1.807, 2.05) is 0 Å². The number of benzene rings is 1. The van der Waals surface area contributed by atoms with Gasteiger partial charge in [-0.1, -0.05) is 30.3 Å². The van der Waals surface area contributed by atoms with Crippen molar-refractivity contribution in [1.82, 2.24) is 5.32 Å². The normalized spacial score (nSPS) is 20.0. The van der Waals surface area contributed by atoms with Gasteiger partial charge in [-0.25, -0.2) is 9.59 Å². The van der Waals surface area contributed by atoms with E-state index in [-0.39, 0.29) is 12.3 Å². The standard InChI is InChI=1S/C17H16F3NO4/c1-3-25-15(23)16(17(18,19)20)12(14(22)24-2)9-10-13(21-16)11-7-5-4-6-8-11/h4-10,21H,3H2,1-2H3. The second-order valence-electron chi connectivity index (χ2n) is 5.11. The van der Waals surface area contributed by atoms with Crippen molar-refractivity contribution in [3.8, 4) is 0 Å². The molecule has 0 aliphatic carbocycles. The van der Waals surface area contributed by atoms with Crippen LogP contribution in [0, 0.1) is 0 Å². The van der Waals surface area contributed by atoms with Gasteiger partial charge >= 0.3 is 18.1 Å². The average Bonchev–Trinajstić information content (AvgIpc) is 2.60. The van der Waals surface area contributed by atoms with Crippen LogP contribution in [0.2, 0.25) is 0 Å². The molecule has 8 heteroatoms. The van der Waals surface area contributed by atoms with Crippen LogP contribution >= 0.6 is 0 Å². The number of esters is 2. The Labute approximate surface area is 142 Å². The zero-order valence-electron chi connectivity index (χ0n) is 13.5. The van der Waals surface area contributed by atoms with Crippen molar-refractivity contribution < 1.29 is 32.2 Å².